The number of nitrogens with zero attached hydrogens (tertiary/aromatic N) is 5. The molecule has 0 spiro atoms. The van der Waals surface area contributed by atoms with Crippen LogP contribution in [0.2, 0.25) is 0 Å². The number of aliphatic hydroxyl groups is 4. The van der Waals surface area contributed by atoms with Crippen LogP contribution in [0.15, 0.2) is 162 Å². The van der Waals surface area contributed by atoms with Crippen LogP contribution in [0.1, 0.15) is 11.3 Å². The minimum atomic E-state index is -1.57. The van der Waals surface area contributed by atoms with Crippen molar-refractivity contribution >= 4 is 29.2 Å². The van der Waals surface area contributed by atoms with E-state index in [1.165, 1.54) is 12.1 Å². The van der Waals surface area contributed by atoms with Gasteiger partial charge in [0.15, 0.2) is 0 Å². The number of allylic oxidation sites excluding steroid dienone is 2. The molecule has 3 aromatic heterocycles. The number of nitro benzene ring substituents is 1. The van der Waals surface area contributed by atoms with Gasteiger partial charge < -0.3 is 40.1 Å². The molecular weight excluding hydrogens is 923 g/mol. The number of aliphatic hydroxyl groups excluding tert-OH is 4. The molecule has 2 aliphatic rings. The number of ether oxygens (including phenoxy) is 1. The van der Waals surface area contributed by atoms with Gasteiger partial charge in [0, 0.05) is 24.7 Å². The maximum Gasteiger partial charge on any atom is 3.00 e. The van der Waals surface area contributed by atoms with Gasteiger partial charge >= 0.3 is 20.1 Å². The zero-order chi connectivity index (χ0) is 39.3. The SMILES string of the molecule is O=[N+]([O-])c1cc(/C(=C2\C=CC=N2)c2ccc[n-]2)ccc1SC1OC(CO)C(O)C(O)C1O.[Ir+3].[c-]1ccccc1-c1ccccn1.[c-]1ccccc1-c1ccccn1. The zero-order valence-electron chi connectivity index (χ0n) is 30.0. The molecule has 6 aromatic rings. The number of rotatable bonds is 8. The summed E-state index contributed by atoms with van der Waals surface area (Å²) >= 11 is 0.831. The Morgan fingerprint density at radius 1 is 0.825 bits per heavy atom. The van der Waals surface area contributed by atoms with Crippen LogP contribution < -0.4 is 4.98 Å². The van der Waals surface area contributed by atoms with Gasteiger partial charge in [-0.3, -0.25) is 15.1 Å². The van der Waals surface area contributed by atoms with Gasteiger partial charge in [-0.15, -0.1) is 77.5 Å². The summed E-state index contributed by atoms with van der Waals surface area (Å²) in [6.07, 6.45) is 4.68. The second-order valence-corrected chi connectivity index (χ2v) is 13.3. The van der Waals surface area contributed by atoms with Gasteiger partial charge in [0.25, 0.3) is 5.69 Å². The fraction of sp³-hybridized carbons (Fsp3) is 0.140. The molecule has 0 amide bonds. The third-order valence-electron chi connectivity index (χ3n) is 8.46. The molecule has 0 radical (unpaired) electrons. The Kier molecular flexibility index (Phi) is 15.9. The van der Waals surface area contributed by atoms with Gasteiger partial charge in [-0.05, 0) is 52.9 Å². The van der Waals surface area contributed by atoms with Crippen LogP contribution >= 0.6 is 11.8 Å². The second-order valence-electron chi connectivity index (χ2n) is 12.2. The van der Waals surface area contributed by atoms with E-state index in [1.54, 1.807) is 55.2 Å². The summed E-state index contributed by atoms with van der Waals surface area (Å²) in [5, 5.41) is 51.4. The van der Waals surface area contributed by atoms with E-state index in [0.717, 1.165) is 34.3 Å². The zero-order valence-corrected chi connectivity index (χ0v) is 33.2. The van der Waals surface area contributed by atoms with Gasteiger partial charge in [-0.1, -0.05) is 54.2 Å². The molecule has 12 nitrogen and oxygen atoms in total. The number of pyridine rings is 2. The van der Waals surface area contributed by atoms with Crippen LogP contribution in [-0.2, 0) is 24.8 Å². The number of hydrogen-bond donors (Lipinski definition) is 4. The molecule has 1 saturated heterocycles. The summed E-state index contributed by atoms with van der Waals surface area (Å²) < 4.78 is 5.47. The Hall–Kier alpha value is -5.41. The summed E-state index contributed by atoms with van der Waals surface area (Å²) in [5.41, 5.74) is 5.05. The van der Waals surface area contributed by atoms with Crippen molar-refractivity contribution in [1.29, 1.82) is 0 Å². The predicted octanol–water partition coefficient (Wildman–Crippen LogP) is 5.94. The van der Waals surface area contributed by atoms with Gasteiger partial charge in [-0.2, -0.15) is 6.20 Å². The summed E-state index contributed by atoms with van der Waals surface area (Å²) in [6.45, 7) is -0.583. The predicted molar refractivity (Wildman–Crippen MR) is 213 cm³/mol. The van der Waals surface area contributed by atoms with Crippen molar-refractivity contribution in [3.8, 4) is 22.5 Å². The average Bonchev–Trinajstić information content (AvgIpc) is 4.00. The van der Waals surface area contributed by atoms with Gasteiger partial charge in [0.1, 0.15) is 29.9 Å². The topological polar surface area (TPSA) is 186 Å². The Morgan fingerprint density at radius 2 is 1.47 bits per heavy atom. The van der Waals surface area contributed by atoms with Crippen LogP contribution in [0.25, 0.3) is 28.1 Å². The van der Waals surface area contributed by atoms with Crippen molar-refractivity contribution in [3.05, 3.63) is 185 Å². The molecule has 5 heterocycles. The molecule has 5 atom stereocenters. The first-order valence-corrected chi connectivity index (χ1v) is 18.3. The minimum absolute atomic E-state index is 0. The van der Waals surface area contributed by atoms with Crippen molar-refractivity contribution in [3.63, 3.8) is 0 Å². The molecule has 14 heteroatoms. The number of hydrogen-bond acceptors (Lipinski definition) is 11. The molecule has 4 N–H and O–H groups in total. The molecule has 3 aromatic carbocycles. The van der Waals surface area contributed by atoms with E-state index in [4.69, 9.17) is 4.74 Å². The first-order valence-electron chi connectivity index (χ1n) is 17.4. The number of aliphatic imine (C=N–C) groups is 1. The standard InChI is InChI=1S/C21H20N3O7S.2C11H8N.Ir/c25-10-15-18(26)19(27)20(28)21(31-15)32-16-6-5-11(9-14(16)24(29)30)17(12-3-1-7-22-12)13-4-2-8-23-13;2*1-2-6-10(7-3-1)11-8-4-5-9-12-11;/h1-9,15,18-21,25-28H,10H2;2*1-6,8-9H;/q3*-1;+3/b17-12-;;;. The molecule has 0 saturated carbocycles. The summed E-state index contributed by atoms with van der Waals surface area (Å²) in [6, 6.07) is 41.8. The largest absolute Gasteiger partial charge is 3.00 e. The minimum Gasteiger partial charge on any atom is -0.664 e. The maximum atomic E-state index is 11.8. The molecule has 0 aliphatic carbocycles. The van der Waals surface area contributed by atoms with E-state index in [9.17, 15) is 30.5 Å². The van der Waals surface area contributed by atoms with E-state index in [1.807, 2.05) is 84.9 Å². The Morgan fingerprint density at radius 3 is 1.96 bits per heavy atom. The summed E-state index contributed by atoms with van der Waals surface area (Å²) in [4.78, 5) is 28.5. The fourth-order valence-electron chi connectivity index (χ4n) is 5.68. The first-order chi connectivity index (χ1) is 27.3. The fourth-order valence-corrected chi connectivity index (χ4v) is 6.83. The molecule has 1 fully saturated rings. The van der Waals surface area contributed by atoms with Crippen LogP contribution in [-0.4, -0.2) is 78.0 Å². The molecule has 57 heavy (non-hydrogen) atoms. The summed E-state index contributed by atoms with van der Waals surface area (Å²) in [5.74, 6) is 0. The van der Waals surface area contributed by atoms with Gasteiger partial charge in [-0.25, -0.2) is 0 Å². The van der Waals surface area contributed by atoms with Gasteiger partial charge in [0.2, 0.25) is 0 Å². The maximum absolute atomic E-state index is 11.8. The van der Waals surface area contributed by atoms with Crippen LogP contribution in [0.4, 0.5) is 5.69 Å². The van der Waals surface area contributed by atoms with E-state index in [2.05, 4.69) is 32.1 Å². The molecule has 8 rings (SSSR count). The third kappa shape index (κ3) is 11.1. The van der Waals surface area contributed by atoms with E-state index in [0.29, 0.717) is 22.5 Å². The van der Waals surface area contributed by atoms with E-state index >= 15 is 0 Å². The van der Waals surface area contributed by atoms with Crippen LogP contribution in [0, 0.1) is 22.2 Å². The molecular formula is C43H36IrN5O7S. The Labute approximate surface area is 346 Å². The smallest absolute Gasteiger partial charge is 0.664 e. The third-order valence-corrected chi connectivity index (χ3v) is 9.68. The molecule has 2 aliphatic heterocycles. The van der Waals surface area contributed by atoms with Crippen molar-refractivity contribution < 1.29 is 50.2 Å². The van der Waals surface area contributed by atoms with Crippen molar-refractivity contribution in [2.24, 2.45) is 4.99 Å². The quantitative estimate of drug-likeness (QED) is 0.0805. The van der Waals surface area contributed by atoms with Crippen molar-refractivity contribution in [2.45, 2.75) is 34.7 Å². The summed E-state index contributed by atoms with van der Waals surface area (Å²) in [7, 11) is 0. The van der Waals surface area contributed by atoms with Crippen molar-refractivity contribution in [1.82, 2.24) is 15.0 Å². The molecule has 290 valence electrons. The second kappa shape index (κ2) is 21.2. The van der Waals surface area contributed by atoms with Crippen LogP contribution in [0.5, 0.6) is 0 Å². The molecule has 0 bridgehead atoms. The number of benzene rings is 3. The van der Waals surface area contributed by atoms with Crippen molar-refractivity contribution in [2.75, 3.05) is 6.61 Å². The molecule has 5 unspecified atom stereocenters. The number of thioether (sulfide) groups is 1. The normalized spacial score (nSPS) is 20.2. The Balaban J connectivity index is 0.000000201. The average molecular weight is 959 g/mol. The van der Waals surface area contributed by atoms with E-state index < -0.39 is 41.4 Å². The monoisotopic (exact) mass is 959 g/mol. The Bertz CT molecular complexity index is 2080. The number of nitro groups is 1. The number of aromatic nitrogens is 3. The van der Waals surface area contributed by atoms with Crippen LogP contribution in [0.3, 0.4) is 0 Å². The van der Waals surface area contributed by atoms with E-state index in [-0.39, 0.29) is 30.7 Å². The first kappa shape index (κ1) is 42.7. The van der Waals surface area contributed by atoms with Gasteiger partial charge in [0.05, 0.1) is 22.1 Å².